The van der Waals surface area contributed by atoms with Gasteiger partial charge in [0.25, 0.3) is 0 Å². The van der Waals surface area contributed by atoms with Crippen molar-refractivity contribution >= 4 is 30.9 Å². The molecule has 4 rings (SSSR count). The van der Waals surface area contributed by atoms with Gasteiger partial charge in [0.05, 0.1) is 20.9 Å². The lowest BCUT2D eigenvalue weighted by atomic mass is 9.50. The lowest BCUT2D eigenvalue weighted by molar-refractivity contribution is -0.0944. The second-order valence-corrected chi connectivity index (χ2v) is 44.2. The fourth-order valence-electron chi connectivity index (χ4n) is 8.12. The van der Waals surface area contributed by atoms with Gasteiger partial charge in [-0.15, -0.1) is 0 Å². The van der Waals surface area contributed by atoms with Crippen LogP contribution < -0.4 is 0 Å². The van der Waals surface area contributed by atoms with Crippen LogP contribution in [0.2, 0.25) is 58.9 Å². The van der Waals surface area contributed by atoms with Crippen LogP contribution in [0.15, 0.2) is 0 Å². The van der Waals surface area contributed by atoms with Gasteiger partial charge in [-0.05, 0) is 81.3 Å². The largest absolute Gasteiger partial charge is 0.423 e. The lowest BCUT2D eigenvalue weighted by Crippen LogP contribution is -2.83. The molecule has 0 saturated heterocycles. The van der Waals surface area contributed by atoms with Gasteiger partial charge in [-0.1, -0.05) is 39.3 Å². The Balaban J connectivity index is 2.16. The van der Waals surface area contributed by atoms with Crippen molar-refractivity contribution in [2.24, 2.45) is 23.2 Å². The third-order valence-corrected chi connectivity index (χ3v) is 45.4. The zero-order valence-electron chi connectivity index (χ0n) is 19.9. The Labute approximate surface area is 173 Å². The Morgan fingerprint density at radius 3 is 1.33 bits per heavy atom. The third-order valence-electron chi connectivity index (χ3n) is 8.03. The molecule has 2 nitrogen and oxygen atoms in total. The summed E-state index contributed by atoms with van der Waals surface area (Å²) in [5, 5.41) is 0. The Hall–Kier alpha value is 0.788. The number of hydrogen-bond acceptors (Lipinski definition) is 2. The maximum atomic E-state index is 7.38. The van der Waals surface area contributed by atoms with Crippen LogP contribution in [0.25, 0.3) is 0 Å². The quantitative estimate of drug-likeness (QED) is 0.425. The van der Waals surface area contributed by atoms with Gasteiger partial charge in [-0.3, -0.25) is 0 Å². The van der Waals surface area contributed by atoms with E-state index in [1.807, 2.05) is 0 Å². The monoisotopic (exact) mass is 442 g/mol. The maximum Gasteiger partial charge on any atom is 0.194 e. The molecule has 4 aliphatic carbocycles. The molecule has 0 aliphatic heterocycles. The molecule has 0 aromatic heterocycles. The fraction of sp³-hybridized carbons (Fsp3) is 1.00. The average Bonchev–Trinajstić information content (AvgIpc) is 2.41. The van der Waals surface area contributed by atoms with Crippen LogP contribution in [0.3, 0.4) is 0 Å². The smallest absolute Gasteiger partial charge is 0.194 e. The molecule has 1 atom stereocenters. The summed E-state index contributed by atoms with van der Waals surface area (Å²) in [5.74, 6) is 2.95. The molecule has 0 spiro atoms. The summed E-state index contributed by atoms with van der Waals surface area (Å²) in [5.41, 5.74) is 0.895. The van der Waals surface area contributed by atoms with E-state index >= 15 is 0 Å². The van der Waals surface area contributed by atoms with E-state index in [4.69, 9.17) is 8.85 Å². The summed E-state index contributed by atoms with van der Waals surface area (Å²) in [7, 11) is -4.60. The van der Waals surface area contributed by atoms with E-state index in [0.717, 1.165) is 17.8 Å². The fourth-order valence-corrected chi connectivity index (χ4v) is 55.6. The molecule has 4 bridgehead atoms. The molecular formula is C21H46O2Si4. The van der Waals surface area contributed by atoms with Gasteiger partial charge in [0, 0.05) is 7.11 Å². The number of rotatable bonds is 7. The lowest BCUT2D eigenvalue weighted by Gasteiger charge is -2.65. The van der Waals surface area contributed by atoms with Crippen molar-refractivity contribution in [1.29, 1.82) is 0 Å². The molecule has 0 N–H and O–H groups in total. The van der Waals surface area contributed by atoms with E-state index < -0.39 is 30.9 Å². The molecule has 0 aromatic carbocycles. The van der Waals surface area contributed by atoms with E-state index in [-0.39, 0.29) is 0 Å². The second kappa shape index (κ2) is 6.91. The highest BCUT2D eigenvalue weighted by Gasteiger charge is 2.69. The van der Waals surface area contributed by atoms with E-state index in [0.29, 0.717) is 11.1 Å². The van der Waals surface area contributed by atoms with Crippen LogP contribution in [0.4, 0.5) is 0 Å². The Morgan fingerprint density at radius 1 is 0.704 bits per heavy atom. The predicted octanol–water partition coefficient (Wildman–Crippen LogP) is 6.39. The highest BCUT2D eigenvalue weighted by molar-refractivity contribution is 7.67. The van der Waals surface area contributed by atoms with Crippen molar-refractivity contribution in [2.75, 3.05) is 7.11 Å². The van der Waals surface area contributed by atoms with Gasteiger partial charge in [0.15, 0.2) is 15.7 Å². The van der Waals surface area contributed by atoms with Gasteiger partial charge >= 0.3 is 0 Å². The molecule has 4 saturated carbocycles. The normalized spacial score (nSPS) is 35.6. The molecule has 0 amide bonds. The molecule has 0 aromatic rings. The molecule has 0 heterocycles. The van der Waals surface area contributed by atoms with Crippen LogP contribution in [-0.4, -0.2) is 43.7 Å². The molecule has 0 radical (unpaired) electrons. The van der Waals surface area contributed by atoms with E-state index in [9.17, 15) is 0 Å². The second-order valence-electron chi connectivity index (χ2n) is 13.3. The molecule has 4 fully saturated rings. The van der Waals surface area contributed by atoms with Gasteiger partial charge in [0.1, 0.15) is 0 Å². The zero-order valence-corrected chi connectivity index (χ0v) is 23.9. The molecule has 4 aliphatic rings. The van der Waals surface area contributed by atoms with E-state index in [2.05, 4.69) is 66.0 Å². The van der Waals surface area contributed by atoms with Crippen LogP contribution in [0.1, 0.15) is 38.5 Å². The first-order valence-electron chi connectivity index (χ1n) is 11.4. The molecule has 27 heavy (non-hydrogen) atoms. The summed E-state index contributed by atoms with van der Waals surface area (Å²) < 4.78 is 14.3. The SMILES string of the molecule is CO[Si](C(O[Si](C)(C)C)C12CC3CC(CC(C3)C1)C2)([Si](C)(C)C)[Si](C)(C)C. The first-order chi connectivity index (χ1) is 12.1. The molecule has 1 unspecified atom stereocenters. The van der Waals surface area contributed by atoms with Gasteiger partial charge < -0.3 is 8.85 Å². The predicted molar refractivity (Wildman–Crippen MR) is 128 cm³/mol. The minimum atomic E-state index is -2.01. The van der Waals surface area contributed by atoms with Crippen LogP contribution in [-0.2, 0) is 8.85 Å². The van der Waals surface area contributed by atoms with Gasteiger partial charge in [-0.2, -0.15) is 0 Å². The van der Waals surface area contributed by atoms with Crippen LogP contribution in [0, 0.1) is 23.2 Å². The van der Waals surface area contributed by atoms with Crippen molar-refractivity contribution in [1.82, 2.24) is 0 Å². The van der Waals surface area contributed by atoms with Crippen molar-refractivity contribution in [2.45, 2.75) is 103 Å². The van der Waals surface area contributed by atoms with Crippen molar-refractivity contribution in [3.05, 3.63) is 0 Å². The Bertz CT molecular complexity index is 507. The third kappa shape index (κ3) is 3.80. The van der Waals surface area contributed by atoms with E-state index in [1.54, 1.807) is 0 Å². The maximum absolute atomic E-state index is 7.38. The highest BCUT2D eigenvalue weighted by Crippen LogP contribution is 2.64. The van der Waals surface area contributed by atoms with Crippen molar-refractivity contribution in [3.63, 3.8) is 0 Å². The zero-order chi connectivity index (χ0) is 20.5. The topological polar surface area (TPSA) is 18.5 Å². The first kappa shape index (κ1) is 22.5. The minimum absolute atomic E-state index is 0.442. The van der Waals surface area contributed by atoms with E-state index in [1.165, 1.54) is 38.5 Å². The summed E-state index contributed by atoms with van der Waals surface area (Å²) in [6.45, 7) is 22.9. The average molecular weight is 443 g/mol. The van der Waals surface area contributed by atoms with Crippen LogP contribution >= 0.6 is 0 Å². The first-order valence-corrected chi connectivity index (χ1v) is 25.8. The van der Waals surface area contributed by atoms with Gasteiger partial charge in [-0.25, -0.2) is 0 Å². The molecule has 158 valence electrons. The van der Waals surface area contributed by atoms with Crippen LogP contribution in [0.5, 0.6) is 0 Å². The minimum Gasteiger partial charge on any atom is -0.423 e. The summed E-state index contributed by atoms with van der Waals surface area (Å²) in [6, 6.07) is 0. The Kier molecular flexibility index (Phi) is 5.75. The van der Waals surface area contributed by atoms with Gasteiger partial charge in [0.2, 0.25) is 0 Å². The Morgan fingerprint density at radius 2 is 1.07 bits per heavy atom. The highest BCUT2D eigenvalue weighted by atomic mass is 29.7. The number of hydrogen-bond donors (Lipinski definition) is 0. The summed E-state index contributed by atoms with van der Waals surface area (Å²) in [6.07, 6.45) is 8.88. The molecular weight excluding hydrogens is 397 g/mol. The van der Waals surface area contributed by atoms with Crippen molar-refractivity contribution < 1.29 is 8.85 Å². The summed E-state index contributed by atoms with van der Waals surface area (Å²) in [4.78, 5) is 0. The standard InChI is InChI=1S/C21H46O2Si4/c1-22-27(25(5,6)7,26(8,9)10)20(23-24(2,3)4)21-14-17-11-18(15-21)13-19(12-17)16-21/h17-20H,11-16H2,1-10H3. The van der Waals surface area contributed by atoms with Crippen molar-refractivity contribution in [3.8, 4) is 0 Å². The summed E-state index contributed by atoms with van der Waals surface area (Å²) >= 11 is 0. The molecule has 6 heteroatoms.